The van der Waals surface area contributed by atoms with Crippen LogP contribution in [0.3, 0.4) is 0 Å². The fourth-order valence-corrected chi connectivity index (χ4v) is 5.19. The standard InChI is InChI=1S/C28H35N5/c1-3-7-24(8-4-1)25-21-29-28(30-22-25)31-26-13-11-23(12-14-26)15-16-32-17-19-33(20-18-32)27-9-5-2-6-10-27/h1-10,21-23,26H,11-20H2,(H,29,30,31). The van der Waals surface area contributed by atoms with Gasteiger partial charge in [-0.15, -0.1) is 0 Å². The Bertz CT molecular complexity index is 960. The van der Waals surface area contributed by atoms with Gasteiger partial charge in [-0.1, -0.05) is 48.5 Å². The number of piperazine rings is 1. The van der Waals surface area contributed by atoms with Gasteiger partial charge in [-0.25, -0.2) is 9.97 Å². The number of rotatable bonds is 7. The quantitative estimate of drug-likeness (QED) is 0.537. The topological polar surface area (TPSA) is 44.3 Å². The lowest BCUT2D eigenvalue weighted by Gasteiger charge is -2.37. The molecule has 0 amide bonds. The fraction of sp³-hybridized carbons (Fsp3) is 0.429. The Kier molecular flexibility index (Phi) is 7.17. The van der Waals surface area contributed by atoms with Crippen LogP contribution >= 0.6 is 0 Å². The fourth-order valence-electron chi connectivity index (χ4n) is 5.19. The van der Waals surface area contributed by atoms with E-state index in [-0.39, 0.29) is 0 Å². The number of aromatic nitrogens is 2. The van der Waals surface area contributed by atoms with E-state index in [9.17, 15) is 0 Å². The first-order valence-corrected chi connectivity index (χ1v) is 12.5. The predicted molar refractivity (Wildman–Crippen MR) is 137 cm³/mol. The summed E-state index contributed by atoms with van der Waals surface area (Å²) in [5, 5.41) is 3.57. The van der Waals surface area contributed by atoms with Crippen LogP contribution in [0, 0.1) is 5.92 Å². The molecule has 2 heterocycles. The number of hydrogen-bond acceptors (Lipinski definition) is 5. The molecule has 2 aromatic carbocycles. The van der Waals surface area contributed by atoms with Crippen molar-refractivity contribution in [3.63, 3.8) is 0 Å². The van der Waals surface area contributed by atoms with Crippen LogP contribution in [0.5, 0.6) is 0 Å². The van der Waals surface area contributed by atoms with Crippen LogP contribution < -0.4 is 10.2 Å². The molecule has 1 aromatic heterocycles. The molecule has 1 aliphatic carbocycles. The van der Waals surface area contributed by atoms with Crippen molar-refractivity contribution in [1.29, 1.82) is 0 Å². The van der Waals surface area contributed by atoms with Crippen molar-refractivity contribution in [2.45, 2.75) is 38.1 Å². The van der Waals surface area contributed by atoms with Gasteiger partial charge in [-0.05, 0) is 62.3 Å². The Morgan fingerprint density at radius 1 is 0.727 bits per heavy atom. The second kappa shape index (κ2) is 10.8. The number of benzene rings is 2. The van der Waals surface area contributed by atoms with E-state index in [1.165, 1.54) is 57.4 Å². The molecule has 33 heavy (non-hydrogen) atoms. The molecule has 5 heteroatoms. The maximum atomic E-state index is 4.56. The zero-order valence-electron chi connectivity index (χ0n) is 19.4. The van der Waals surface area contributed by atoms with Crippen LogP contribution in [0.1, 0.15) is 32.1 Å². The average Bonchev–Trinajstić information content (AvgIpc) is 2.90. The summed E-state index contributed by atoms with van der Waals surface area (Å²) >= 11 is 0. The number of anilines is 2. The van der Waals surface area contributed by atoms with Crippen molar-refractivity contribution in [2.75, 3.05) is 42.9 Å². The van der Waals surface area contributed by atoms with Crippen LogP contribution in [-0.2, 0) is 0 Å². The largest absolute Gasteiger partial charge is 0.369 e. The highest BCUT2D eigenvalue weighted by Crippen LogP contribution is 2.29. The highest BCUT2D eigenvalue weighted by atomic mass is 15.3. The Balaban J connectivity index is 1.01. The summed E-state index contributed by atoms with van der Waals surface area (Å²) in [4.78, 5) is 14.3. The summed E-state index contributed by atoms with van der Waals surface area (Å²) in [7, 11) is 0. The molecule has 3 aromatic rings. The van der Waals surface area contributed by atoms with Crippen LogP contribution in [0.25, 0.3) is 11.1 Å². The first-order valence-electron chi connectivity index (χ1n) is 12.5. The van der Waals surface area contributed by atoms with Crippen LogP contribution in [-0.4, -0.2) is 53.6 Å². The van der Waals surface area contributed by atoms with Crippen LogP contribution in [0.2, 0.25) is 0 Å². The molecular weight excluding hydrogens is 406 g/mol. The zero-order chi connectivity index (χ0) is 22.3. The van der Waals surface area contributed by atoms with Crippen molar-refractivity contribution in [3.8, 4) is 11.1 Å². The molecule has 0 atom stereocenters. The maximum Gasteiger partial charge on any atom is 0.222 e. The molecule has 2 aliphatic rings. The molecule has 172 valence electrons. The van der Waals surface area contributed by atoms with Gasteiger partial charge in [0.05, 0.1) is 0 Å². The highest BCUT2D eigenvalue weighted by molar-refractivity contribution is 5.61. The Morgan fingerprint density at radius 3 is 2.03 bits per heavy atom. The number of nitrogens with zero attached hydrogens (tertiary/aromatic N) is 4. The lowest BCUT2D eigenvalue weighted by Crippen LogP contribution is -2.47. The molecule has 0 unspecified atom stereocenters. The molecule has 0 spiro atoms. The third-order valence-electron chi connectivity index (χ3n) is 7.29. The third kappa shape index (κ3) is 5.91. The minimum absolute atomic E-state index is 0.498. The highest BCUT2D eigenvalue weighted by Gasteiger charge is 2.23. The summed E-state index contributed by atoms with van der Waals surface area (Å²) < 4.78 is 0. The first kappa shape index (κ1) is 21.9. The summed E-state index contributed by atoms with van der Waals surface area (Å²) in [5.74, 6) is 1.62. The zero-order valence-corrected chi connectivity index (χ0v) is 19.4. The van der Waals surface area contributed by atoms with Crippen molar-refractivity contribution in [1.82, 2.24) is 14.9 Å². The normalized spacial score (nSPS) is 21.6. The monoisotopic (exact) mass is 441 g/mol. The SMILES string of the molecule is c1ccc(-c2cnc(NC3CCC(CCN4CCN(c5ccccc5)CC4)CC3)nc2)cc1. The van der Waals surface area contributed by atoms with Gasteiger partial charge in [-0.3, -0.25) is 4.90 Å². The lowest BCUT2D eigenvalue weighted by atomic mass is 9.84. The molecule has 1 saturated carbocycles. The van der Waals surface area contributed by atoms with Crippen LogP contribution in [0.15, 0.2) is 73.1 Å². The van der Waals surface area contributed by atoms with E-state index in [1.54, 1.807) is 0 Å². The van der Waals surface area contributed by atoms with E-state index in [0.29, 0.717) is 6.04 Å². The Labute approximate surface area is 197 Å². The number of nitrogens with one attached hydrogen (secondary N) is 1. The summed E-state index contributed by atoms with van der Waals surface area (Å²) in [6.45, 7) is 5.90. The van der Waals surface area contributed by atoms with Gasteiger partial charge >= 0.3 is 0 Å². The molecule has 5 rings (SSSR count). The second-order valence-corrected chi connectivity index (χ2v) is 9.48. The summed E-state index contributed by atoms with van der Waals surface area (Å²) in [6, 6.07) is 21.6. The van der Waals surface area contributed by atoms with E-state index in [2.05, 4.69) is 67.5 Å². The van der Waals surface area contributed by atoms with Gasteiger partial charge in [0.25, 0.3) is 0 Å². The minimum atomic E-state index is 0.498. The minimum Gasteiger partial charge on any atom is -0.369 e. The van der Waals surface area contributed by atoms with Gasteiger partial charge < -0.3 is 10.2 Å². The van der Waals surface area contributed by atoms with E-state index < -0.39 is 0 Å². The average molecular weight is 442 g/mol. The molecule has 1 N–H and O–H groups in total. The van der Waals surface area contributed by atoms with E-state index in [1.807, 2.05) is 30.6 Å². The van der Waals surface area contributed by atoms with Gasteiger partial charge in [0.1, 0.15) is 0 Å². The molecule has 1 saturated heterocycles. The molecule has 0 radical (unpaired) electrons. The smallest absolute Gasteiger partial charge is 0.222 e. The van der Waals surface area contributed by atoms with Gasteiger partial charge in [0.15, 0.2) is 0 Å². The number of para-hydroxylation sites is 1. The van der Waals surface area contributed by atoms with Crippen molar-refractivity contribution in [3.05, 3.63) is 73.1 Å². The molecule has 0 bridgehead atoms. The van der Waals surface area contributed by atoms with E-state index in [4.69, 9.17) is 0 Å². The van der Waals surface area contributed by atoms with Gasteiger partial charge in [0.2, 0.25) is 5.95 Å². The van der Waals surface area contributed by atoms with Gasteiger partial charge in [0, 0.05) is 55.9 Å². The summed E-state index contributed by atoms with van der Waals surface area (Å²) in [5.41, 5.74) is 3.59. The molecule has 2 fully saturated rings. The lowest BCUT2D eigenvalue weighted by molar-refractivity contribution is 0.218. The number of hydrogen-bond donors (Lipinski definition) is 1. The second-order valence-electron chi connectivity index (χ2n) is 9.48. The van der Waals surface area contributed by atoms with Crippen LogP contribution in [0.4, 0.5) is 11.6 Å². The van der Waals surface area contributed by atoms with Crippen molar-refractivity contribution >= 4 is 11.6 Å². The Morgan fingerprint density at radius 2 is 1.36 bits per heavy atom. The van der Waals surface area contributed by atoms with E-state index in [0.717, 1.165) is 36.1 Å². The molecule has 5 nitrogen and oxygen atoms in total. The molecule has 1 aliphatic heterocycles. The first-order chi connectivity index (χ1) is 16.3. The van der Waals surface area contributed by atoms with Crippen molar-refractivity contribution in [2.24, 2.45) is 5.92 Å². The maximum absolute atomic E-state index is 4.56. The third-order valence-corrected chi connectivity index (χ3v) is 7.29. The Hall–Kier alpha value is -2.92. The van der Waals surface area contributed by atoms with Gasteiger partial charge in [-0.2, -0.15) is 0 Å². The molecular formula is C28H35N5. The van der Waals surface area contributed by atoms with E-state index >= 15 is 0 Å². The van der Waals surface area contributed by atoms with Crippen molar-refractivity contribution < 1.29 is 0 Å². The predicted octanol–water partition coefficient (Wildman–Crippen LogP) is 5.33. The summed E-state index contributed by atoms with van der Waals surface area (Å²) in [6.07, 6.45) is 10.2.